The molecule has 1 aliphatic heterocycles. The molecule has 2 aromatic rings. The maximum absolute atomic E-state index is 12.8. The summed E-state index contributed by atoms with van der Waals surface area (Å²) in [5, 5.41) is 22.8. The summed E-state index contributed by atoms with van der Waals surface area (Å²) in [6.07, 6.45) is 8.04. The first kappa shape index (κ1) is 20.2. The maximum Gasteiger partial charge on any atom is 0.325 e. The lowest BCUT2D eigenvalue weighted by Gasteiger charge is -2.24. The highest BCUT2D eigenvalue weighted by Gasteiger charge is 2.34. The summed E-state index contributed by atoms with van der Waals surface area (Å²) >= 11 is 0. The maximum atomic E-state index is 12.8. The number of aliphatic carboxylic acids is 2. The number of fused-ring (bicyclic) bond motifs is 1. The van der Waals surface area contributed by atoms with Gasteiger partial charge in [0, 0.05) is 28.4 Å². The fourth-order valence-corrected chi connectivity index (χ4v) is 4.54. The van der Waals surface area contributed by atoms with Crippen LogP contribution in [0.15, 0.2) is 36.5 Å². The molecule has 2 aliphatic rings. The minimum atomic E-state index is -0.974. The number of allylic oxidation sites excluding steroid dienone is 2. The van der Waals surface area contributed by atoms with Gasteiger partial charge in [0.25, 0.3) is 0 Å². The lowest BCUT2D eigenvalue weighted by atomic mass is 9.82. The standard InChI is InChI=1S/C22H25N3O5/c26-20(14-5-1-2-6-15(14)21(27)28)24-13-7-8-18-16(11-13)17(12-23-18)19(22(29)30)25-9-3-4-10-25/h1-2,7-8,11-12,14-15,19,23H,3-6,9-10H2,(H,24,26)(H,27,28)(H,29,30)/t14-,15+,19-/m1/s1. The van der Waals surface area contributed by atoms with Crippen molar-refractivity contribution >= 4 is 34.4 Å². The molecule has 4 rings (SSSR count). The summed E-state index contributed by atoms with van der Waals surface area (Å²) in [6.45, 7) is 1.48. The number of carboxylic acid groups (broad SMARTS) is 2. The van der Waals surface area contributed by atoms with E-state index in [0.29, 0.717) is 24.1 Å². The van der Waals surface area contributed by atoms with Crippen molar-refractivity contribution in [3.63, 3.8) is 0 Å². The Morgan fingerprint density at radius 3 is 2.43 bits per heavy atom. The van der Waals surface area contributed by atoms with E-state index in [1.165, 1.54) is 0 Å². The normalized spacial score (nSPS) is 22.8. The Morgan fingerprint density at radius 1 is 1.07 bits per heavy atom. The largest absolute Gasteiger partial charge is 0.481 e. The molecule has 8 nitrogen and oxygen atoms in total. The molecule has 3 atom stereocenters. The van der Waals surface area contributed by atoms with E-state index in [1.807, 2.05) is 11.0 Å². The van der Waals surface area contributed by atoms with Crippen LogP contribution in [0.4, 0.5) is 5.69 Å². The number of carbonyl (C=O) groups is 3. The van der Waals surface area contributed by atoms with Crippen molar-refractivity contribution < 1.29 is 24.6 Å². The van der Waals surface area contributed by atoms with Gasteiger partial charge in [-0.05, 0) is 57.0 Å². The van der Waals surface area contributed by atoms with Crippen molar-refractivity contribution in [1.29, 1.82) is 0 Å². The number of hydrogen-bond acceptors (Lipinski definition) is 4. The predicted molar refractivity (Wildman–Crippen MR) is 111 cm³/mol. The number of nitrogens with one attached hydrogen (secondary N) is 2. The van der Waals surface area contributed by atoms with Gasteiger partial charge in [-0.2, -0.15) is 0 Å². The fourth-order valence-electron chi connectivity index (χ4n) is 4.54. The van der Waals surface area contributed by atoms with E-state index in [1.54, 1.807) is 30.5 Å². The predicted octanol–water partition coefficient (Wildman–Crippen LogP) is 2.99. The van der Waals surface area contributed by atoms with Gasteiger partial charge in [0.15, 0.2) is 0 Å². The lowest BCUT2D eigenvalue weighted by molar-refractivity contribution is -0.146. The Hall–Kier alpha value is -3.13. The van der Waals surface area contributed by atoms with E-state index in [-0.39, 0.29) is 5.91 Å². The van der Waals surface area contributed by atoms with Crippen LogP contribution in [-0.4, -0.2) is 51.0 Å². The van der Waals surface area contributed by atoms with Crippen LogP contribution in [0.5, 0.6) is 0 Å². The lowest BCUT2D eigenvalue weighted by Crippen LogP contribution is -2.34. The smallest absolute Gasteiger partial charge is 0.325 e. The van der Waals surface area contributed by atoms with Gasteiger partial charge >= 0.3 is 11.9 Å². The second-order valence-corrected chi connectivity index (χ2v) is 7.97. The summed E-state index contributed by atoms with van der Waals surface area (Å²) in [5.74, 6) is -3.58. The Labute approximate surface area is 173 Å². The van der Waals surface area contributed by atoms with Crippen LogP contribution in [0.2, 0.25) is 0 Å². The molecule has 0 saturated carbocycles. The van der Waals surface area contributed by atoms with E-state index < -0.39 is 29.8 Å². The number of nitrogens with zero attached hydrogens (tertiary/aromatic N) is 1. The van der Waals surface area contributed by atoms with Gasteiger partial charge in [-0.25, -0.2) is 0 Å². The number of carbonyl (C=O) groups excluding carboxylic acids is 1. The molecule has 8 heteroatoms. The molecule has 1 aromatic carbocycles. The van der Waals surface area contributed by atoms with Crippen LogP contribution in [0.3, 0.4) is 0 Å². The average Bonchev–Trinajstić information content (AvgIpc) is 3.39. The van der Waals surface area contributed by atoms with E-state index in [2.05, 4.69) is 10.3 Å². The summed E-state index contributed by atoms with van der Waals surface area (Å²) in [6, 6.07) is 4.56. The molecule has 0 bridgehead atoms. The molecule has 1 fully saturated rings. The number of aromatic nitrogens is 1. The van der Waals surface area contributed by atoms with E-state index in [4.69, 9.17) is 0 Å². The minimum Gasteiger partial charge on any atom is -0.481 e. The molecule has 158 valence electrons. The van der Waals surface area contributed by atoms with Gasteiger partial charge in [-0.15, -0.1) is 0 Å². The van der Waals surface area contributed by atoms with Crippen LogP contribution >= 0.6 is 0 Å². The van der Waals surface area contributed by atoms with Gasteiger partial charge in [0.1, 0.15) is 6.04 Å². The molecule has 0 unspecified atom stereocenters. The molecule has 1 aliphatic carbocycles. The summed E-state index contributed by atoms with van der Waals surface area (Å²) in [5.41, 5.74) is 1.98. The number of anilines is 1. The zero-order valence-corrected chi connectivity index (χ0v) is 16.5. The molecular formula is C22H25N3O5. The zero-order chi connectivity index (χ0) is 21.3. The van der Waals surface area contributed by atoms with Crippen LogP contribution in [-0.2, 0) is 14.4 Å². The molecule has 4 N–H and O–H groups in total. The van der Waals surface area contributed by atoms with Crippen LogP contribution in [0.25, 0.3) is 10.9 Å². The summed E-state index contributed by atoms with van der Waals surface area (Å²) in [7, 11) is 0. The minimum absolute atomic E-state index is 0.336. The molecule has 0 radical (unpaired) electrons. The molecule has 1 amide bonds. The highest BCUT2D eigenvalue weighted by atomic mass is 16.4. The van der Waals surface area contributed by atoms with Crippen molar-refractivity contribution in [2.45, 2.75) is 31.7 Å². The first-order valence-electron chi connectivity index (χ1n) is 10.2. The van der Waals surface area contributed by atoms with Gasteiger partial charge in [-0.3, -0.25) is 19.3 Å². The molecule has 30 heavy (non-hydrogen) atoms. The zero-order valence-electron chi connectivity index (χ0n) is 16.5. The molecule has 0 spiro atoms. The number of benzene rings is 1. The summed E-state index contributed by atoms with van der Waals surface area (Å²) < 4.78 is 0. The van der Waals surface area contributed by atoms with Gasteiger partial charge in [0.2, 0.25) is 5.91 Å². The van der Waals surface area contributed by atoms with Gasteiger partial charge in [-0.1, -0.05) is 12.2 Å². The number of H-pyrrole nitrogens is 1. The number of amides is 1. The van der Waals surface area contributed by atoms with Gasteiger partial charge in [0.05, 0.1) is 11.8 Å². The first-order valence-corrected chi connectivity index (χ1v) is 10.2. The molecule has 1 saturated heterocycles. The average molecular weight is 411 g/mol. The quantitative estimate of drug-likeness (QED) is 0.542. The summed E-state index contributed by atoms with van der Waals surface area (Å²) in [4.78, 5) is 41.4. The van der Waals surface area contributed by atoms with Crippen LogP contribution in [0.1, 0.15) is 37.3 Å². The fraction of sp³-hybridized carbons (Fsp3) is 0.409. The SMILES string of the molecule is O=C(O)[C@H]1CC=CC[C@H]1C(=O)Nc1ccc2[nH]cc([C@H](C(=O)O)N3CCCC3)c2c1. The second kappa shape index (κ2) is 8.31. The monoisotopic (exact) mass is 411 g/mol. The van der Waals surface area contributed by atoms with Crippen molar-refractivity contribution in [3.8, 4) is 0 Å². The van der Waals surface area contributed by atoms with Gasteiger partial charge < -0.3 is 20.5 Å². The number of carboxylic acids is 2. The highest BCUT2D eigenvalue weighted by Crippen LogP contribution is 2.33. The number of likely N-dealkylation sites (tertiary alicyclic amines) is 1. The first-order chi connectivity index (χ1) is 14.5. The Bertz CT molecular complexity index is 1010. The Morgan fingerprint density at radius 2 is 1.77 bits per heavy atom. The third-order valence-electron chi connectivity index (χ3n) is 6.10. The number of hydrogen-bond donors (Lipinski definition) is 4. The third kappa shape index (κ3) is 3.82. The Kier molecular flexibility index (Phi) is 5.59. The van der Waals surface area contributed by atoms with Crippen LogP contribution < -0.4 is 5.32 Å². The van der Waals surface area contributed by atoms with Crippen LogP contribution in [0, 0.1) is 11.8 Å². The van der Waals surface area contributed by atoms with E-state index in [0.717, 1.165) is 36.8 Å². The van der Waals surface area contributed by atoms with Crippen molar-refractivity contribution in [2.24, 2.45) is 11.8 Å². The number of aromatic amines is 1. The molecular weight excluding hydrogens is 386 g/mol. The third-order valence-corrected chi connectivity index (χ3v) is 6.10. The topological polar surface area (TPSA) is 123 Å². The Balaban J connectivity index is 1.61. The van der Waals surface area contributed by atoms with Crippen molar-refractivity contribution in [2.75, 3.05) is 18.4 Å². The van der Waals surface area contributed by atoms with E-state index in [9.17, 15) is 24.6 Å². The van der Waals surface area contributed by atoms with Crippen molar-refractivity contribution in [1.82, 2.24) is 9.88 Å². The highest BCUT2D eigenvalue weighted by molar-refractivity contribution is 5.98. The molecule has 1 aromatic heterocycles. The molecule has 2 heterocycles. The van der Waals surface area contributed by atoms with Crippen molar-refractivity contribution in [3.05, 3.63) is 42.1 Å². The second-order valence-electron chi connectivity index (χ2n) is 7.97. The van der Waals surface area contributed by atoms with E-state index >= 15 is 0 Å². The number of rotatable bonds is 6.